The topological polar surface area (TPSA) is 18.5 Å². The van der Waals surface area contributed by atoms with Crippen LogP contribution in [0, 0.1) is 0 Å². The second kappa shape index (κ2) is 6.48. The van der Waals surface area contributed by atoms with Crippen LogP contribution in [0.1, 0.15) is 16.5 Å². The minimum atomic E-state index is -0.0813. The molecule has 0 radical (unpaired) electrons. The van der Waals surface area contributed by atoms with E-state index in [2.05, 4.69) is 0 Å². The molecule has 1 unspecified atom stereocenters. The van der Waals surface area contributed by atoms with Crippen LogP contribution >= 0.6 is 11.6 Å². The molecule has 19 heavy (non-hydrogen) atoms. The second-order valence-electron chi connectivity index (χ2n) is 4.26. The van der Waals surface area contributed by atoms with Gasteiger partial charge in [0, 0.05) is 0 Å². The standard InChI is InChI=1S/C16H17ClO2/c1-18-14-9-7-12(8-10-14)15(17)11-13-5-3-4-6-16(13)19-2/h3-10,15H,11H2,1-2H3. The largest absolute Gasteiger partial charge is 0.497 e. The molecule has 3 heteroatoms. The number of alkyl halides is 1. The molecule has 1 atom stereocenters. The van der Waals surface area contributed by atoms with E-state index >= 15 is 0 Å². The smallest absolute Gasteiger partial charge is 0.122 e. The van der Waals surface area contributed by atoms with Crippen molar-refractivity contribution in [3.8, 4) is 11.5 Å². The Morgan fingerprint density at radius 3 is 2.26 bits per heavy atom. The average molecular weight is 277 g/mol. The van der Waals surface area contributed by atoms with Gasteiger partial charge in [-0.3, -0.25) is 0 Å². The Labute approximate surface area is 118 Å². The van der Waals surface area contributed by atoms with E-state index in [4.69, 9.17) is 21.1 Å². The minimum Gasteiger partial charge on any atom is -0.497 e. The van der Waals surface area contributed by atoms with Crippen molar-refractivity contribution < 1.29 is 9.47 Å². The van der Waals surface area contributed by atoms with Crippen LogP contribution in [0.4, 0.5) is 0 Å². The van der Waals surface area contributed by atoms with Crippen molar-refractivity contribution in [2.24, 2.45) is 0 Å². The van der Waals surface area contributed by atoms with Gasteiger partial charge in [-0.1, -0.05) is 30.3 Å². The molecule has 0 N–H and O–H groups in total. The highest BCUT2D eigenvalue weighted by atomic mass is 35.5. The molecule has 0 bridgehead atoms. The van der Waals surface area contributed by atoms with Crippen molar-refractivity contribution >= 4 is 11.6 Å². The monoisotopic (exact) mass is 276 g/mol. The zero-order valence-electron chi connectivity index (χ0n) is 11.1. The fourth-order valence-electron chi connectivity index (χ4n) is 2.00. The summed E-state index contributed by atoms with van der Waals surface area (Å²) in [7, 11) is 3.33. The van der Waals surface area contributed by atoms with E-state index in [9.17, 15) is 0 Å². The van der Waals surface area contributed by atoms with Crippen LogP contribution in [-0.4, -0.2) is 14.2 Å². The van der Waals surface area contributed by atoms with Gasteiger partial charge in [-0.2, -0.15) is 0 Å². The number of hydrogen-bond donors (Lipinski definition) is 0. The van der Waals surface area contributed by atoms with E-state index < -0.39 is 0 Å². The van der Waals surface area contributed by atoms with E-state index in [1.54, 1.807) is 14.2 Å². The maximum atomic E-state index is 6.47. The van der Waals surface area contributed by atoms with Crippen LogP contribution in [0.5, 0.6) is 11.5 Å². The van der Waals surface area contributed by atoms with E-state index in [1.165, 1.54) is 0 Å². The molecule has 0 aliphatic rings. The normalized spacial score (nSPS) is 11.9. The lowest BCUT2D eigenvalue weighted by atomic mass is 10.0. The van der Waals surface area contributed by atoms with Crippen LogP contribution in [0.3, 0.4) is 0 Å². The molecule has 0 saturated heterocycles. The molecule has 0 heterocycles. The highest BCUT2D eigenvalue weighted by Gasteiger charge is 2.12. The SMILES string of the molecule is COc1ccc(C(Cl)Cc2ccccc2OC)cc1. The van der Waals surface area contributed by atoms with Gasteiger partial charge in [0.1, 0.15) is 11.5 Å². The van der Waals surface area contributed by atoms with Gasteiger partial charge in [-0.15, -0.1) is 11.6 Å². The van der Waals surface area contributed by atoms with Crippen LogP contribution in [0.2, 0.25) is 0 Å². The van der Waals surface area contributed by atoms with Crippen molar-refractivity contribution in [1.29, 1.82) is 0 Å². The van der Waals surface area contributed by atoms with Gasteiger partial charge < -0.3 is 9.47 Å². The Hall–Kier alpha value is -1.67. The van der Waals surface area contributed by atoms with E-state index in [0.717, 1.165) is 29.0 Å². The molecule has 2 nitrogen and oxygen atoms in total. The van der Waals surface area contributed by atoms with Crippen molar-refractivity contribution in [2.75, 3.05) is 14.2 Å². The summed E-state index contributed by atoms with van der Waals surface area (Å²) in [5.41, 5.74) is 2.19. The molecule has 2 rings (SSSR count). The molecule has 0 aliphatic heterocycles. The minimum absolute atomic E-state index is 0.0813. The lowest BCUT2D eigenvalue weighted by molar-refractivity contribution is 0.409. The molecule has 0 aromatic heterocycles. The van der Waals surface area contributed by atoms with Crippen LogP contribution < -0.4 is 9.47 Å². The quantitative estimate of drug-likeness (QED) is 0.761. The maximum Gasteiger partial charge on any atom is 0.122 e. The zero-order valence-corrected chi connectivity index (χ0v) is 11.9. The van der Waals surface area contributed by atoms with Crippen molar-refractivity contribution in [3.63, 3.8) is 0 Å². The first-order valence-electron chi connectivity index (χ1n) is 6.14. The lowest BCUT2D eigenvalue weighted by Gasteiger charge is -2.13. The van der Waals surface area contributed by atoms with E-state index in [-0.39, 0.29) is 5.38 Å². The summed E-state index contributed by atoms with van der Waals surface area (Å²) in [6.07, 6.45) is 0.734. The Morgan fingerprint density at radius 1 is 0.947 bits per heavy atom. The molecule has 0 spiro atoms. The number of methoxy groups -OCH3 is 2. The third-order valence-corrected chi connectivity index (χ3v) is 3.48. The molecule has 2 aromatic carbocycles. The number of rotatable bonds is 5. The van der Waals surface area contributed by atoms with E-state index in [1.807, 2.05) is 48.5 Å². The van der Waals surface area contributed by atoms with Gasteiger partial charge in [0.05, 0.1) is 19.6 Å². The van der Waals surface area contributed by atoms with Gasteiger partial charge in [-0.05, 0) is 35.7 Å². The highest BCUT2D eigenvalue weighted by Crippen LogP contribution is 2.30. The van der Waals surface area contributed by atoms with Gasteiger partial charge >= 0.3 is 0 Å². The third-order valence-electron chi connectivity index (χ3n) is 3.07. The first-order chi connectivity index (χ1) is 9.24. The number of benzene rings is 2. The van der Waals surface area contributed by atoms with Crippen LogP contribution in [0.25, 0.3) is 0 Å². The van der Waals surface area contributed by atoms with Crippen molar-refractivity contribution in [2.45, 2.75) is 11.8 Å². The molecule has 2 aromatic rings. The molecule has 100 valence electrons. The number of ether oxygens (including phenoxy) is 2. The maximum absolute atomic E-state index is 6.47. The third kappa shape index (κ3) is 3.42. The average Bonchev–Trinajstić information content (AvgIpc) is 2.48. The van der Waals surface area contributed by atoms with Gasteiger partial charge in [0.15, 0.2) is 0 Å². The second-order valence-corrected chi connectivity index (χ2v) is 4.78. The Kier molecular flexibility index (Phi) is 4.69. The first kappa shape index (κ1) is 13.8. The number of para-hydroxylation sites is 1. The van der Waals surface area contributed by atoms with Gasteiger partial charge in [0.25, 0.3) is 0 Å². The predicted octanol–water partition coefficient (Wildman–Crippen LogP) is 4.23. The number of hydrogen-bond acceptors (Lipinski definition) is 2. The number of halogens is 1. The Morgan fingerprint density at radius 2 is 1.63 bits per heavy atom. The molecule has 0 fully saturated rings. The predicted molar refractivity (Wildman–Crippen MR) is 78.3 cm³/mol. The Bertz CT molecular complexity index is 523. The highest BCUT2D eigenvalue weighted by molar-refractivity contribution is 6.20. The zero-order chi connectivity index (χ0) is 13.7. The van der Waals surface area contributed by atoms with Gasteiger partial charge in [0.2, 0.25) is 0 Å². The van der Waals surface area contributed by atoms with Crippen LogP contribution in [-0.2, 0) is 6.42 Å². The van der Waals surface area contributed by atoms with Crippen molar-refractivity contribution in [3.05, 3.63) is 59.7 Å². The Balaban J connectivity index is 2.13. The van der Waals surface area contributed by atoms with Crippen LogP contribution in [0.15, 0.2) is 48.5 Å². The molecule has 0 saturated carbocycles. The summed E-state index contributed by atoms with van der Waals surface area (Å²) in [5.74, 6) is 1.71. The summed E-state index contributed by atoms with van der Waals surface area (Å²) >= 11 is 6.47. The van der Waals surface area contributed by atoms with E-state index in [0.29, 0.717) is 0 Å². The molecular weight excluding hydrogens is 260 g/mol. The summed E-state index contributed by atoms with van der Waals surface area (Å²) in [6.45, 7) is 0. The fraction of sp³-hybridized carbons (Fsp3) is 0.250. The molecular formula is C16H17ClO2. The van der Waals surface area contributed by atoms with Crippen molar-refractivity contribution in [1.82, 2.24) is 0 Å². The molecule has 0 amide bonds. The lowest BCUT2D eigenvalue weighted by Crippen LogP contribution is -1.98. The summed E-state index contributed by atoms with van der Waals surface area (Å²) in [6, 6.07) is 15.8. The summed E-state index contributed by atoms with van der Waals surface area (Å²) < 4.78 is 10.5. The van der Waals surface area contributed by atoms with Gasteiger partial charge in [-0.25, -0.2) is 0 Å². The summed E-state index contributed by atoms with van der Waals surface area (Å²) in [4.78, 5) is 0. The molecule has 0 aliphatic carbocycles. The fourth-order valence-corrected chi connectivity index (χ4v) is 2.31. The summed E-state index contributed by atoms with van der Waals surface area (Å²) in [5, 5.41) is -0.0813. The first-order valence-corrected chi connectivity index (χ1v) is 6.58.